The summed E-state index contributed by atoms with van der Waals surface area (Å²) >= 11 is 0. The monoisotopic (exact) mass is 324 g/mol. The van der Waals surface area contributed by atoms with Crippen LogP contribution in [0.1, 0.15) is 27.2 Å². The third-order valence-corrected chi connectivity index (χ3v) is 9.16. The van der Waals surface area contributed by atoms with Crippen molar-refractivity contribution in [2.75, 3.05) is 6.61 Å². The maximum absolute atomic E-state index is 9.32. The molecule has 0 amide bonds. The predicted molar refractivity (Wildman–Crippen MR) is 87.8 cm³/mol. The summed E-state index contributed by atoms with van der Waals surface area (Å²) in [5, 5.41) is 37.1. The highest BCUT2D eigenvalue weighted by Crippen LogP contribution is 2.40. The van der Waals surface area contributed by atoms with Gasteiger partial charge < -0.3 is 4.43 Å². The van der Waals surface area contributed by atoms with Crippen molar-refractivity contribution in [1.82, 2.24) is 0 Å². The molecule has 0 radical (unpaired) electrons. The Hall–Kier alpha value is -2.38. The summed E-state index contributed by atoms with van der Waals surface area (Å²) in [6, 6.07) is 7.75. The molecule has 1 aliphatic carbocycles. The minimum Gasteiger partial charge on any atom is -0.417 e. The number of hydrogen-bond acceptors (Lipinski definition) is 5. The molecule has 0 saturated heterocycles. The number of allylic oxidation sites excluding steroid dienone is 4. The first-order chi connectivity index (χ1) is 10.6. The second-order valence-electron chi connectivity index (χ2n) is 6.97. The lowest BCUT2D eigenvalue weighted by molar-refractivity contribution is 0.272. The van der Waals surface area contributed by atoms with Crippen LogP contribution in [0.3, 0.4) is 0 Å². The van der Waals surface area contributed by atoms with Crippen molar-refractivity contribution in [3.05, 3.63) is 22.3 Å². The van der Waals surface area contributed by atoms with E-state index in [1.54, 1.807) is 0 Å². The van der Waals surface area contributed by atoms with Gasteiger partial charge in [0.15, 0.2) is 8.32 Å². The van der Waals surface area contributed by atoms with Crippen LogP contribution in [0.25, 0.3) is 0 Å². The highest BCUT2D eigenvalue weighted by Gasteiger charge is 2.38. The summed E-state index contributed by atoms with van der Waals surface area (Å²) < 4.78 is 6.09. The van der Waals surface area contributed by atoms with E-state index in [-0.39, 0.29) is 27.3 Å². The topological polar surface area (TPSA) is 104 Å². The van der Waals surface area contributed by atoms with Crippen molar-refractivity contribution in [3.63, 3.8) is 0 Å². The third-order valence-electron chi connectivity index (χ3n) is 4.63. The van der Waals surface area contributed by atoms with Crippen molar-refractivity contribution in [3.8, 4) is 24.3 Å². The van der Waals surface area contributed by atoms with Crippen molar-refractivity contribution in [2.45, 2.75) is 45.3 Å². The van der Waals surface area contributed by atoms with E-state index in [9.17, 15) is 21.0 Å². The average molecular weight is 324 g/mol. The van der Waals surface area contributed by atoms with Crippen LogP contribution in [0.5, 0.6) is 0 Å². The van der Waals surface area contributed by atoms with Crippen LogP contribution in [0, 0.1) is 51.2 Å². The Labute approximate surface area is 138 Å². The lowest BCUT2D eigenvalue weighted by atomic mass is 9.93. The lowest BCUT2D eigenvalue weighted by Crippen LogP contribution is -2.41. The molecule has 0 fully saturated rings. The first kappa shape index (κ1) is 18.7. The molecule has 0 atom stereocenters. The molecule has 0 unspecified atom stereocenters. The second kappa shape index (κ2) is 6.80. The smallest absolute Gasteiger partial charge is 0.191 e. The molecule has 1 rings (SSSR count). The van der Waals surface area contributed by atoms with Crippen LogP contribution in [-0.4, -0.2) is 14.9 Å². The first-order valence-corrected chi connectivity index (χ1v) is 10.3. The summed E-state index contributed by atoms with van der Waals surface area (Å²) in [5.74, 6) is -0.515. The fourth-order valence-electron chi connectivity index (χ4n) is 2.20. The highest BCUT2D eigenvalue weighted by molar-refractivity contribution is 6.74. The number of rotatable bonds is 4. The van der Waals surface area contributed by atoms with Gasteiger partial charge in [-0.3, -0.25) is 0 Å². The summed E-state index contributed by atoms with van der Waals surface area (Å²) in [6.07, 6.45) is 0.425. The van der Waals surface area contributed by atoms with Crippen molar-refractivity contribution in [1.29, 1.82) is 21.0 Å². The normalized spacial score (nSPS) is 15.9. The minimum absolute atomic E-state index is 0.0314. The van der Waals surface area contributed by atoms with E-state index in [4.69, 9.17) is 4.43 Å². The predicted octanol–water partition coefficient (Wildman–Crippen LogP) is 3.72. The maximum Gasteiger partial charge on any atom is 0.191 e. The fourth-order valence-corrected chi connectivity index (χ4v) is 3.26. The molecule has 0 saturated carbocycles. The molecule has 0 bridgehead atoms. The Morgan fingerprint density at radius 3 is 1.65 bits per heavy atom. The largest absolute Gasteiger partial charge is 0.417 e. The number of nitrogens with zero attached hydrogens (tertiary/aromatic N) is 4. The van der Waals surface area contributed by atoms with Gasteiger partial charge in [-0.2, -0.15) is 21.0 Å². The average Bonchev–Trinajstić information content (AvgIpc) is 2.77. The summed E-state index contributed by atoms with van der Waals surface area (Å²) in [7, 11) is -1.92. The molecule has 0 aromatic heterocycles. The summed E-state index contributed by atoms with van der Waals surface area (Å²) in [4.78, 5) is 0. The lowest BCUT2D eigenvalue weighted by Gasteiger charge is -2.36. The standard InChI is InChI=1S/C17H20N4OSi/c1-17(2,3)23(4,5)22-7-6-12-13(8-18)15(10-20)16(11-21)14(12)9-19/h12H,6-7H2,1-5H3. The van der Waals surface area contributed by atoms with Crippen molar-refractivity contribution in [2.24, 2.45) is 5.92 Å². The van der Waals surface area contributed by atoms with E-state index in [1.165, 1.54) is 0 Å². The molecule has 0 heterocycles. The van der Waals surface area contributed by atoms with E-state index in [1.807, 2.05) is 24.3 Å². The molecule has 0 aliphatic heterocycles. The quantitative estimate of drug-likeness (QED) is 0.733. The van der Waals surface area contributed by atoms with Crippen LogP contribution in [0.2, 0.25) is 18.1 Å². The van der Waals surface area contributed by atoms with Gasteiger partial charge in [-0.15, -0.1) is 0 Å². The van der Waals surface area contributed by atoms with Crippen LogP contribution in [0.4, 0.5) is 0 Å². The molecular weight excluding hydrogens is 304 g/mol. The third kappa shape index (κ3) is 3.52. The molecule has 0 spiro atoms. The van der Waals surface area contributed by atoms with Gasteiger partial charge in [-0.25, -0.2) is 0 Å². The molecule has 0 aromatic carbocycles. The molecule has 1 aliphatic rings. The molecule has 23 heavy (non-hydrogen) atoms. The van der Waals surface area contributed by atoms with E-state index in [2.05, 4.69) is 33.9 Å². The first-order valence-electron chi connectivity index (χ1n) is 7.37. The molecule has 0 N–H and O–H groups in total. The zero-order chi connectivity index (χ0) is 17.8. The van der Waals surface area contributed by atoms with Crippen LogP contribution in [0.15, 0.2) is 22.3 Å². The Balaban J connectivity index is 3.02. The van der Waals surface area contributed by atoms with E-state index in [0.29, 0.717) is 13.0 Å². The van der Waals surface area contributed by atoms with E-state index >= 15 is 0 Å². The molecule has 6 heteroatoms. The molecule has 118 valence electrons. The van der Waals surface area contributed by atoms with Gasteiger partial charge in [0, 0.05) is 12.5 Å². The van der Waals surface area contributed by atoms with Crippen molar-refractivity contribution >= 4 is 8.32 Å². The minimum atomic E-state index is -1.92. The molecule has 5 nitrogen and oxygen atoms in total. The Bertz CT molecular complexity index is 679. The van der Waals surface area contributed by atoms with Gasteiger partial charge in [0.25, 0.3) is 0 Å². The zero-order valence-corrected chi connectivity index (χ0v) is 15.2. The second-order valence-corrected chi connectivity index (χ2v) is 11.8. The molecule has 0 aromatic rings. The van der Waals surface area contributed by atoms with Crippen molar-refractivity contribution < 1.29 is 4.43 Å². The van der Waals surface area contributed by atoms with Gasteiger partial charge >= 0.3 is 0 Å². The SMILES string of the molecule is CC(C)(C)[Si](C)(C)OCCC1C(C#N)=C(C#N)C(C#N)=C1C#N. The maximum atomic E-state index is 9.32. The summed E-state index contributed by atoms with van der Waals surface area (Å²) in [6.45, 7) is 11.1. The van der Waals surface area contributed by atoms with Gasteiger partial charge in [-0.05, 0) is 24.6 Å². The zero-order valence-electron chi connectivity index (χ0n) is 14.2. The van der Waals surface area contributed by atoms with Gasteiger partial charge in [0.2, 0.25) is 0 Å². The Morgan fingerprint density at radius 2 is 1.35 bits per heavy atom. The van der Waals surface area contributed by atoms with Gasteiger partial charge in [0.1, 0.15) is 12.1 Å². The number of hydrogen-bond donors (Lipinski definition) is 0. The van der Waals surface area contributed by atoms with E-state index < -0.39 is 14.2 Å². The molecular formula is C17H20N4OSi. The van der Waals surface area contributed by atoms with Gasteiger partial charge in [0.05, 0.1) is 34.4 Å². The fraction of sp³-hybridized carbons (Fsp3) is 0.529. The van der Waals surface area contributed by atoms with Crippen LogP contribution >= 0.6 is 0 Å². The van der Waals surface area contributed by atoms with E-state index in [0.717, 1.165) is 0 Å². The Morgan fingerprint density at radius 1 is 0.913 bits per heavy atom. The van der Waals surface area contributed by atoms with Crippen LogP contribution < -0.4 is 0 Å². The van der Waals surface area contributed by atoms with Gasteiger partial charge in [-0.1, -0.05) is 20.8 Å². The number of nitriles is 4. The highest BCUT2D eigenvalue weighted by atomic mass is 28.4. The summed E-state index contributed by atoms with van der Waals surface area (Å²) in [5.41, 5.74) is 0.478. The Kier molecular flexibility index (Phi) is 5.52. The van der Waals surface area contributed by atoms with Crippen LogP contribution in [-0.2, 0) is 4.43 Å².